The predicted molar refractivity (Wildman–Crippen MR) is 91.4 cm³/mol. The molecule has 2 rings (SSSR count). The fourth-order valence-corrected chi connectivity index (χ4v) is 1.85. The smallest absolute Gasteiger partial charge is 0.241 e. The zero-order chi connectivity index (χ0) is 15.8. The summed E-state index contributed by atoms with van der Waals surface area (Å²) in [5.41, 5.74) is 7.81. The lowest BCUT2D eigenvalue weighted by Gasteiger charge is -2.15. The molecule has 0 saturated carbocycles. The molecule has 2 aromatic rings. The molecule has 1 aromatic heterocycles. The molecule has 1 heterocycles. The van der Waals surface area contributed by atoms with Gasteiger partial charge in [0.1, 0.15) is 5.52 Å². The molecule has 0 aliphatic rings. The summed E-state index contributed by atoms with van der Waals surface area (Å²) in [6.45, 7) is 9.97. The van der Waals surface area contributed by atoms with Crippen LogP contribution in [0.15, 0.2) is 22.6 Å². The SMILES string of the molecule is CC(C)C(N)C(=O)Nc1ccc2oc(C(C)(C)C)nc2c1.Cl. The number of nitrogens with zero attached hydrogens (tertiary/aromatic N) is 1. The predicted octanol–water partition coefficient (Wildman–Crippen LogP) is 3.47. The molecule has 5 nitrogen and oxygen atoms in total. The first-order valence-electron chi connectivity index (χ1n) is 7.16. The number of amides is 1. The highest BCUT2D eigenvalue weighted by Crippen LogP contribution is 2.27. The second-order valence-corrected chi connectivity index (χ2v) is 6.71. The lowest BCUT2D eigenvalue weighted by molar-refractivity contribution is -0.118. The van der Waals surface area contributed by atoms with Gasteiger partial charge in [-0.05, 0) is 24.1 Å². The van der Waals surface area contributed by atoms with Crippen molar-refractivity contribution in [2.75, 3.05) is 5.32 Å². The van der Waals surface area contributed by atoms with Gasteiger partial charge in [0, 0.05) is 11.1 Å². The van der Waals surface area contributed by atoms with Gasteiger partial charge in [0.25, 0.3) is 0 Å². The van der Waals surface area contributed by atoms with Gasteiger partial charge in [0.15, 0.2) is 5.58 Å². The lowest BCUT2D eigenvalue weighted by atomic mass is 9.97. The van der Waals surface area contributed by atoms with Gasteiger partial charge in [-0.3, -0.25) is 4.79 Å². The molecule has 1 aromatic carbocycles. The molecular weight excluding hydrogens is 302 g/mol. The molecular formula is C16H24ClN3O2. The van der Waals surface area contributed by atoms with Crippen LogP contribution >= 0.6 is 12.4 Å². The number of hydrogen-bond acceptors (Lipinski definition) is 4. The number of halogens is 1. The van der Waals surface area contributed by atoms with E-state index in [1.165, 1.54) is 0 Å². The van der Waals surface area contributed by atoms with Gasteiger partial charge in [0.05, 0.1) is 6.04 Å². The molecule has 1 unspecified atom stereocenters. The summed E-state index contributed by atoms with van der Waals surface area (Å²) < 4.78 is 5.73. The van der Waals surface area contributed by atoms with Crippen molar-refractivity contribution in [3.8, 4) is 0 Å². The number of benzene rings is 1. The Bertz CT molecular complexity index is 659. The van der Waals surface area contributed by atoms with Crippen LogP contribution < -0.4 is 11.1 Å². The number of carbonyl (C=O) groups excluding carboxylic acids is 1. The Morgan fingerprint density at radius 3 is 2.50 bits per heavy atom. The van der Waals surface area contributed by atoms with Gasteiger partial charge in [-0.25, -0.2) is 4.98 Å². The van der Waals surface area contributed by atoms with Gasteiger partial charge < -0.3 is 15.5 Å². The molecule has 0 aliphatic heterocycles. The van der Waals surface area contributed by atoms with Crippen molar-refractivity contribution in [3.05, 3.63) is 24.1 Å². The largest absolute Gasteiger partial charge is 0.440 e. The molecule has 122 valence electrons. The monoisotopic (exact) mass is 325 g/mol. The standard InChI is InChI=1S/C16H23N3O2.ClH/c1-9(2)13(17)14(20)18-10-6-7-12-11(8-10)19-15(21-12)16(3,4)5;/h6-9,13H,17H2,1-5H3,(H,18,20);1H. The molecule has 0 bridgehead atoms. The topological polar surface area (TPSA) is 81.2 Å². The highest BCUT2D eigenvalue weighted by molar-refractivity contribution is 5.96. The van der Waals surface area contributed by atoms with Crippen molar-refractivity contribution in [1.82, 2.24) is 4.98 Å². The average Bonchev–Trinajstić information content (AvgIpc) is 2.80. The minimum Gasteiger partial charge on any atom is -0.440 e. The van der Waals surface area contributed by atoms with E-state index in [1.54, 1.807) is 12.1 Å². The number of oxazole rings is 1. The van der Waals surface area contributed by atoms with Crippen LogP contribution in [0.5, 0.6) is 0 Å². The number of nitrogens with two attached hydrogens (primary N) is 1. The Hall–Kier alpha value is -1.59. The summed E-state index contributed by atoms with van der Waals surface area (Å²) in [7, 11) is 0. The summed E-state index contributed by atoms with van der Waals surface area (Å²) in [6, 6.07) is 4.89. The van der Waals surface area contributed by atoms with Crippen molar-refractivity contribution in [1.29, 1.82) is 0 Å². The first kappa shape index (κ1) is 18.5. The van der Waals surface area contributed by atoms with Crippen molar-refractivity contribution in [2.24, 2.45) is 11.7 Å². The number of rotatable bonds is 3. The van der Waals surface area contributed by atoms with Crippen LogP contribution in [-0.2, 0) is 10.2 Å². The zero-order valence-corrected chi connectivity index (χ0v) is 14.5. The maximum absolute atomic E-state index is 12.0. The van der Waals surface area contributed by atoms with Gasteiger partial charge in [-0.1, -0.05) is 34.6 Å². The van der Waals surface area contributed by atoms with E-state index >= 15 is 0 Å². The third-order valence-corrected chi connectivity index (χ3v) is 3.32. The molecule has 0 saturated heterocycles. The molecule has 0 fully saturated rings. The summed E-state index contributed by atoms with van der Waals surface area (Å²) >= 11 is 0. The van der Waals surface area contributed by atoms with Crippen LogP contribution in [0.2, 0.25) is 0 Å². The van der Waals surface area contributed by atoms with Crippen LogP contribution in [0.25, 0.3) is 11.1 Å². The second kappa shape index (κ2) is 6.67. The Morgan fingerprint density at radius 1 is 1.32 bits per heavy atom. The van der Waals surface area contributed by atoms with Crippen molar-refractivity contribution < 1.29 is 9.21 Å². The second-order valence-electron chi connectivity index (χ2n) is 6.71. The van der Waals surface area contributed by atoms with Crippen LogP contribution in [-0.4, -0.2) is 16.9 Å². The number of fused-ring (bicyclic) bond motifs is 1. The Labute approximate surface area is 137 Å². The maximum Gasteiger partial charge on any atom is 0.241 e. The van der Waals surface area contributed by atoms with E-state index in [0.29, 0.717) is 17.2 Å². The quantitative estimate of drug-likeness (QED) is 0.905. The summed E-state index contributed by atoms with van der Waals surface area (Å²) in [5, 5.41) is 2.82. The van der Waals surface area contributed by atoms with Crippen molar-refractivity contribution >= 4 is 35.1 Å². The molecule has 3 N–H and O–H groups in total. The first-order valence-corrected chi connectivity index (χ1v) is 7.16. The number of carbonyl (C=O) groups is 1. The van der Waals surface area contributed by atoms with E-state index in [4.69, 9.17) is 10.2 Å². The van der Waals surface area contributed by atoms with Gasteiger partial charge >= 0.3 is 0 Å². The van der Waals surface area contributed by atoms with Crippen LogP contribution in [0.1, 0.15) is 40.5 Å². The van der Waals surface area contributed by atoms with Crippen LogP contribution in [0.4, 0.5) is 5.69 Å². The van der Waals surface area contributed by atoms with E-state index in [2.05, 4.69) is 10.3 Å². The Balaban J connectivity index is 0.00000242. The fourth-order valence-electron chi connectivity index (χ4n) is 1.85. The third-order valence-electron chi connectivity index (χ3n) is 3.32. The first-order chi connectivity index (χ1) is 9.68. The van der Waals surface area contributed by atoms with E-state index in [-0.39, 0.29) is 29.6 Å². The number of hydrogen-bond donors (Lipinski definition) is 2. The molecule has 0 aliphatic carbocycles. The minimum absolute atomic E-state index is 0. The normalized spacial score (nSPS) is 13.0. The van der Waals surface area contributed by atoms with E-state index in [0.717, 1.165) is 5.52 Å². The minimum atomic E-state index is -0.525. The molecule has 1 atom stereocenters. The zero-order valence-electron chi connectivity index (χ0n) is 13.6. The van der Waals surface area contributed by atoms with Crippen molar-refractivity contribution in [3.63, 3.8) is 0 Å². The van der Waals surface area contributed by atoms with Gasteiger partial charge in [-0.15, -0.1) is 12.4 Å². The summed E-state index contributed by atoms with van der Waals surface area (Å²) in [4.78, 5) is 16.5. The summed E-state index contributed by atoms with van der Waals surface area (Å²) in [6.07, 6.45) is 0. The van der Waals surface area contributed by atoms with Crippen LogP contribution in [0.3, 0.4) is 0 Å². The van der Waals surface area contributed by atoms with E-state index in [9.17, 15) is 4.79 Å². The highest BCUT2D eigenvalue weighted by atomic mass is 35.5. The molecule has 22 heavy (non-hydrogen) atoms. The lowest BCUT2D eigenvalue weighted by Crippen LogP contribution is -2.39. The Morgan fingerprint density at radius 2 is 1.95 bits per heavy atom. The molecule has 0 radical (unpaired) electrons. The highest BCUT2D eigenvalue weighted by Gasteiger charge is 2.21. The van der Waals surface area contributed by atoms with E-state index in [1.807, 2.05) is 40.7 Å². The van der Waals surface area contributed by atoms with E-state index < -0.39 is 6.04 Å². The molecule has 6 heteroatoms. The Kier molecular flexibility index (Phi) is 5.59. The molecule has 1 amide bonds. The van der Waals surface area contributed by atoms with Crippen molar-refractivity contribution in [2.45, 2.75) is 46.1 Å². The number of anilines is 1. The molecule has 0 spiro atoms. The summed E-state index contributed by atoms with van der Waals surface area (Å²) in [5.74, 6) is 0.581. The van der Waals surface area contributed by atoms with Crippen LogP contribution in [0, 0.1) is 5.92 Å². The number of nitrogens with one attached hydrogen (secondary N) is 1. The number of aromatic nitrogens is 1. The van der Waals surface area contributed by atoms with Gasteiger partial charge in [-0.2, -0.15) is 0 Å². The van der Waals surface area contributed by atoms with Gasteiger partial charge in [0.2, 0.25) is 11.8 Å². The average molecular weight is 326 g/mol. The maximum atomic E-state index is 12.0. The third kappa shape index (κ3) is 3.99. The fraction of sp³-hybridized carbons (Fsp3) is 0.500.